The molecule has 152 valence electrons. The van der Waals surface area contributed by atoms with Crippen molar-refractivity contribution >= 4 is 5.96 Å². The van der Waals surface area contributed by atoms with E-state index in [9.17, 15) is 0 Å². The second-order valence-corrected chi connectivity index (χ2v) is 7.03. The molecular weight excluding hydrogens is 340 g/mol. The number of likely N-dealkylation sites (tertiary alicyclic amines) is 1. The van der Waals surface area contributed by atoms with Crippen LogP contribution in [0.25, 0.3) is 0 Å². The first-order valence-corrected chi connectivity index (χ1v) is 10.1. The van der Waals surface area contributed by atoms with Crippen molar-refractivity contribution in [2.24, 2.45) is 4.99 Å². The Hall–Kier alpha value is -1.79. The van der Waals surface area contributed by atoms with Gasteiger partial charge in [-0.1, -0.05) is 12.1 Å². The number of rotatable bonds is 10. The standard InChI is InChI=1S/C21H36N4O2/c1-5-22-21(24-16-19-7-6-12-25(19)13-14-26-3)23-11-10-18-9-8-17(2)20(15-18)27-4/h8-9,15,19H,5-7,10-14,16H2,1-4H3,(H2,22,23,24). The smallest absolute Gasteiger partial charge is 0.191 e. The van der Waals surface area contributed by atoms with Gasteiger partial charge in [0.25, 0.3) is 0 Å². The highest BCUT2D eigenvalue weighted by molar-refractivity contribution is 5.79. The van der Waals surface area contributed by atoms with E-state index in [1.807, 2.05) is 0 Å². The van der Waals surface area contributed by atoms with Crippen molar-refractivity contribution in [1.82, 2.24) is 15.5 Å². The van der Waals surface area contributed by atoms with Crippen molar-refractivity contribution in [3.05, 3.63) is 29.3 Å². The van der Waals surface area contributed by atoms with E-state index in [-0.39, 0.29) is 0 Å². The molecule has 1 aromatic carbocycles. The first-order valence-electron chi connectivity index (χ1n) is 10.1. The van der Waals surface area contributed by atoms with Crippen LogP contribution >= 0.6 is 0 Å². The third kappa shape index (κ3) is 7.03. The fourth-order valence-electron chi connectivity index (χ4n) is 3.49. The topological polar surface area (TPSA) is 58.1 Å². The Morgan fingerprint density at radius 1 is 1.30 bits per heavy atom. The van der Waals surface area contributed by atoms with Gasteiger partial charge in [0.1, 0.15) is 5.75 Å². The summed E-state index contributed by atoms with van der Waals surface area (Å²) in [4.78, 5) is 7.32. The van der Waals surface area contributed by atoms with Crippen LogP contribution in [0.4, 0.5) is 0 Å². The predicted molar refractivity (Wildman–Crippen MR) is 112 cm³/mol. The van der Waals surface area contributed by atoms with Crippen molar-refractivity contribution in [2.45, 2.75) is 39.2 Å². The Kier molecular flexibility index (Phi) is 9.42. The molecule has 0 aromatic heterocycles. The fourth-order valence-corrected chi connectivity index (χ4v) is 3.49. The van der Waals surface area contributed by atoms with Crippen molar-refractivity contribution in [2.75, 3.05) is 53.6 Å². The maximum Gasteiger partial charge on any atom is 0.191 e. The lowest BCUT2D eigenvalue weighted by Gasteiger charge is -2.23. The van der Waals surface area contributed by atoms with Gasteiger partial charge in [-0.25, -0.2) is 0 Å². The van der Waals surface area contributed by atoms with Crippen molar-refractivity contribution in [3.63, 3.8) is 0 Å². The van der Waals surface area contributed by atoms with E-state index >= 15 is 0 Å². The quantitative estimate of drug-likeness (QED) is 0.484. The first-order chi connectivity index (χ1) is 13.2. The van der Waals surface area contributed by atoms with Crippen molar-refractivity contribution in [3.8, 4) is 5.75 Å². The van der Waals surface area contributed by atoms with Crippen molar-refractivity contribution in [1.29, 1.82) is 0 Å². The van der Waals surface area contributed by atoms with Crippen LogP contribution in [-0.2, 0) is 11.2 Å². The summed E-state index contributed by atoms with van der Waals surface area (Å²) in [5.41, 5.74) is 2.43. The Labute approximate surface area is 164 Å². The number of methoxy groups -OCH3 is 2. The number of guanidine groups is 1. The third-order valence-electron chi connectivity index (χ3n) is 5.06. The number of nitrogens with one attached hydrogen (secondary N) is 2. The molecule has 2 N–H and O–H groups in total. The van der Waals surface area contributed by atoms with Crippen LogP contribution in [-0.4, -0.2) is 70.5 Å². The summed E-state index contributed by atoms with van der Waals surface area (Å²) in [7, 11) is 3.49. The second-order valence-electron chi connectivity index (χ2n) is 7.03. The molecule has 2 rings (SSSR count). The number of benzene rings is 1. The second kappa shape index (κ2) is 11.8. The lowest BCUT2D eigenvalue weighted by molar-refractivity contribution is 0.142. The Balaban J connectivity index is 1.84. The van der Waals surface area contributed by atoms with E-state index < -0.39 is 0 Å². The SMILES string of the molecule is CCNC(=NCC1CCCN1CCOC)NCCc1ccc(C)c(OC)c1. The minimum absolute atomic E-state index is 0.525. The maximum atomic E-state index is 5.42. The van der Waals surface area contributed by atoms with Crippen LogP contribution in [0.1, 0.15) is 30.9 Å². The summed E-state index contributed by atoms with van der Waals surface area (Å²) in [6.07, 6.45) is 3.41. The molecule has 6 heteroatoms. The van der Waals surface area contributed by atoms with E-state index in [0.29, 0.717) is 6.04 Å². The molecule has 1 aliphatic rings. The molecule has 1 aromatic rings. The van der Waals surface area contributed by atoms with Gasteiger partial charge < -0.3 is 20.1 Å². The van der Waals surface area contributed by atoms with E-state index in [0.717, 1.165) is 57.5 Å². The highest BCUT2D eigenvalue weighted by Gasteiger charge is 2.23. The lowest BCUT2D eigenvalue weighted by Crippen LogP contribution is -2.40. The molecule has 0 amide bonds. The molecular formula is C21H36N4O2. The van der Waals surface area contributed by atoms with Gasteiger partial charge in [0.05, 0.1) is 20.3 Å². The van der Waals surface area contributed by atoms with Crippen LogP contribution in [0.5, 0.6) is 5.75 Å². The molecule has 1 heterocycles. The normalized spacial score (nSPS) is 17.9. The Morgan fingerprint density at radius 2 is 2.15 bits per heavy atom. The van der Waals surface area contributed by atoms with Crippen LogP contribution < -0.4 is 15.4 Å². The first kappa shape index (κ1) is 21.5. The number of hydrogen-bond acceptors (Lipinski definition) is 4. The van der Waals surface area contributed by atoms with E-state index in [4.69, 9.17) is 14.5 Å². The Bertz CT molecular complexity index is 592. The summed E-state index contributed by atoms with van der Waals surface area (Å²) >= 11 is 0. The molecule has 1 unspecified atom stereocenters. The average Bonchev–Trinajstić information content (AvgIpc) is 3.13. The van der Waals surface area contributed by atoms with Crippen LogP contribution in [0.15, 0.2) is 23.2 Å². The summed E-state index contributed by atoms with van der Waals surface area (Å²) in [5.74, 6) is 1.85. The highest BCUT2D eigenvalue weighted by atomic mass is 16.5. The zero-order chi connectivity index (χ0) is 19.5. The van der Waals surface area contributed by atoms with Gasteiger partial charge >= 0.3 is 0 Å². The van der Waals surface area contributed by atoms with E-state index in [1.165, 1.54) is 24.0 Å². The van der Waals surface area contributed by atoms with Gasteiger partial charge in [-0.15, -0.1) is 0 Å². The molecule has 27 heavy (non-hydrogen) atoms. The molecule has 1 fully saturated rings. The van der Waals surface area contributed by atoms with Crippen molar-refractivity contribution < 1.29 is 9.47 Å². The van der Waals surface area contributed by atoms with Gasteiger partial charge in [-0.3, -0.25) is 9.89 Å². The van der Waals surface area contributed by atoms with Gasteiger partial charge in [0.2, 0.25) is 0 Å². The van der Waals surface area contributed by atoms with Gasteiger partial charge in [0.15, 0.2) is 5.96 Å². The lowest BCUT2D eigenvalue weighted by atomic mass is 10.1. The summed E-state index contributed by atoms with van der Waals surface area (Å²) < 4.78 is 10.6. The molecule has 0 saturated carbocycles. The summed E-state index contributed by atoms with van der Waals surface area (Å²) in [6.45, 7) is 9.64. The number of aryl methyl sites for hydroxylation is 1. The molecule has 0 spiro atoms. The number of nitrogens with zero attached hydrogens (tertiary/aromatic N) is 2. The number of hydrogen-bond donors (Lipinski definition) is 2. The summed E-state index contributed by atoms with van der Waals surface area (Å²) in [6, 6.07) is 6.92. The highest BCUT2D eigenvalue weighted by Crippen LogP contribution is 2.19. The molecule has 0 radical (unpaired) electrons. The molecule has 0 aliphatic carbocycles. The van der Waals surface area contributed by atoms with Crippen LogP contribution in [0.3, 0.4) is 0 Å². The minimum atomic E-state index is 0.525. The summed E-state index contributed by atoms with van der Waals surface area (Å²) in [5, 5.41) is 6.81. The maximum absolute atomic E-state index is 5.42. The third-order valence-corrected chi connectivity index (χ3v) is 5.06. The predicted octanol–water partition coefficient (Wildman–Crippen LogP) is 2.21. The molecule has 0 bridgehead atoms. The molecule has 1 aliphatic heterocycles. The van der Waals surface area contributed by atoms with E-state index in [2.05, 4.69) is 47.6 Å². The number of ether oxygens (including phenoxy) is 2. The fraction of sp³-hybridized carbons (Fsp3) is 0.667. The Morgan fingerprint density at radius 3 is 2.89 bits per heavy atom. The molecule has 1 atom stereocenters. The van der Waals surface area contributed by atoms with Gasteiger partial charge in [0, 0.05) is 32.8 Å². The molecule has 6 nitrogen and oxygen atoms in total. The zero-order valence-corrected chi connectivity index (χ0v) is 17.4. The minimum Gasteiger partial charge on any atom is -0.496 e. The largest absolute Gasteiger partial charge is 0.496 e. The number of aliphatic imine (C=N–C) groups is 1. The van der Waals surface area contributed by atoms with Gasteiger partial charge in [-0.05, 0) is 56.8 Å². The van der Waals surface area contributed by atoms with Gasteiger partial charge in [-0.2, -0.15) is 0 Å². The van der Waals surface area contributed by atoms with Crippen LogP contribution in [0, 0.1) is 6.92 Å². The average molecular weight is 377 g/mol. The monoisotopic (exact) mass is 376 g/mol. The zero-order valence-electron chi connectivity index (χ0n) is 17.4. The van der Waals surface area contributed by atoms with E-state index in [1.54, 1.807) is 14.2 Å². The van der Waals surface area contributed by atoms with Crippen LogP contribution in [0.2, 0.25) is 0 Å². The molecule has 1 saturated heterocycles.